The number of rotatable bonds is 4. The lowest BCUT2D eigenvalue weighted by atomic mass is 10.0. The maximum absolute atomic E-state index is 12.0. The van der Waals surface area contributed by atoms with Crippen molar-refractivity contribution in [2.24, 2.45) is 0 Å². The van der Waals surface area contributed by atoms with E-state index >= 15 is 0 Å². The molecular formula is C15H18N4O2. The molecular weight excluding hydrogens is 268 g/mol. The fourth-order valence-corrected chi connectivity index (χ4v) is 2.46. The van der Waals surface area contributed by atoms with Gasteiger partial charge in [-0.25, -0.2) is 0 Å². The first-order valence-electron chi connectivity index (χ1n) is 6.99. The van der Waals surface area contributed by atoms with Crippen LogP contribution in [-0.4, -0.2) is 40.6 Å². The second-order valence-electron chi connectivity index (χ2n) is 5.49. The number of carbonyl (C=O) groups is 1. The summed E-state index contributed by atoms with van der Waals surface area (Å²) < 4.78 is 5.14. The number of carbonyl (C=O) groups excluding carboxylic acids is 1. The first-order valence-corrected chi connectivity index (χ1v) is 6.99. The molecule has 1 saturated heterocycles. The average Bonchev–Trinajstić information content (AvgIpc) is 2.79. The van der Waals surface area contributed by atoms with Crippen molar-refractivity contribution in [1.82, 2.24) is 15.0 Å². The van der Waals surface area contributed by atoms with E-state index in [1.165, 1.54) is 0 Å². The van der Waals surface area contributed by atoms with Crippen molar-refractivity contribution in [2.45, 2.75) is 19.8 Å². The number of anilines is 1. The molecule has 1 aliphatic rings. The Kier molecular flexibility index (Phi) is 3.70. The van der Waals surface area contributed by atoms with Gasteiger partial charge in [-0.05, 0) is 31.5 Å². The largest absolute Gasteiger partial charge is 0.339 e. The van der Waals surface area contributed by atoms with Gasteiger partial charge in [0.25, 0.3) is 0 Å². The zero-order chi connectivity index (χ0) is 14.8. The van der Waals surface area contributed by atoms with Gasteiger partial charge in [-0.3, -0.25) is 9.69 Å². The first-order chi connectivity index (χ1) is 10.1. The standard InChI is InChI=1S/C15H18N4O2/c1-10-4-3-5-13(6-10)17-14(20)9-19-7-12(8-19)15-16-11(2)18-21-15/h3-6,12H,7-9H2,1-2H3,(H,17,20). The Hall–Kier alpha value is -2.21. The Balaban J connectivity index is 1.47. The lowest BCUT2D eigenvalue weighted by molar-refractivity contribution is -0.118. The van der Waals surface area contributed by atoms with Gasteiger partial charge in [0, 0.05) is 18.8 Å². The average molecular weight is 286 g/mol. The fraction of sp³-hybridized carbons (Fsp3) is 0.400. The SMILES string of the molecule is Cc1cccc(NC(=O)CN2CC(c3nc(C)no3)C2)c1. The van der Waals surface area contributed by atoms with Crippen molar-refractivity contribution in [2.75, 3.05) is 25.0 Å². The van der Waals surface area contributed by atoms with Crippen molar-refractivity contribution >= 4 is 11.6 Å². The van der Waals surface area contributed by atoms with Gasteiger partial charge in [0.1, 0.15) is 0 Å². The lowest BCUT2D eigenvalue weighted by Crippen LogP contribution is -2.48. The van der Waals surface area contributed by atoms with Crippen molar-refractivity contribution < 1.29 is 9.32 Å². The number of aryl methyl sites for hydroxylation is 2. The molecule has 0 radical (unpaired) electrons. The minimum atomic E-state index is 0.000703. The van der Waals surface area contributed by atoms with E-state index in [-0.39, 0.29) is 11.8 Å². The number of hydrogen-bond acceptors (Lipinski definition) is 5. The van der Waals surface area contributed by atoms with E-state index < -0.39 is 0 Å². The normalized spacial score (nSPS) is 15.7. The second-order valence-corrected chi connectivity index (χ2v) is 5.49. The topological polar surface area (TPSA) is 71.3 Å². The van der Waals surface area contributed by atoms with Crippen LogP contribution in [0.15, 0.2) is 28.8 Å². The third kappa shape index (κ3) is 3.28. The van der Waals surface area contributed by atoms with E-state index in [9.17, 15) is 4.79 Å². The van der Waals surface area contributed by atoms with E-state index in [1.54, 1.807) is 6.92 Å². The van der Waals surface area contributed by atoms with Crippen LogP contribution < -0.4 is 5.32 Å². The Morgan fingerprint density at radius 2 is 2.24 bits per heavy atom. The number of nitrogens with zero attached hydrogens (tertiary/aromatic N) is 3. The van der Waals surface area contributed by atoms with Gasteiger partial charge in [-0.1, -0.05) is 17.3 Å². The number of likely N-dealkylation sites (tertiary alicyclic amines) is 1. The molecule has 21 heavy (non-hydrogen) atoms. The summed E-state index contributed by atoms with van der Waals surface area (Å²) in [6.45, 7) is 5.75. The lowest BCUT2D eigenvalue weighted by Gasteiger charge is -2.36. The Morgan fingerprint density at radius 3 is 2.90 bits per heavy atom. The summed E-state index contributed by atoms with van der Waals surface area (Å²) in [5.41, 5.74) is 1.97. The third-order valence-corrected chi connectivity index (χ3v) is 3.52. The van der Waals surface area contributed by atoms with Gasteiger partial charge in [-0.2, -0.15) is 4.98 Å². The summed E-state index contributed by atoms with van der Waals surface area (Å²) in [5.74, 6) is 1.57. The Labute approximate surface area is 123 Å². The highest BCUT2D eigenvalue weighted by molar-refractivity contribution is 5.92. The van der Waals surface area contributed by atoms with Gasteiger partial charge in [-0.15, -0.1) is 0 Å². The summed E-state index contributed by atoms with van der Waals surface area (Å²) in [7, 11) is 0. The molecule has 6 nitrogen and oxygen atoms in total. The van der Waals surface area contributed by atoms with E-state index in [2.05, 4.69) is 20.4 Å². The van der Waals surface area contributed by atoms with Crippen LogP contribution in [0.4, 0.5) is 5.69 Å². The zero-order valence-electron chi connectivity index (χ0n) is 12.2. The zero-order valence-corrected chi connectivity index (χ0v) is 12.2. The van der Waals surface area contributed by atoms with Crippen molar-refractivity contribution in [3.05, 3.63) is 41.5 Å². The molecule has 0 aliphatic carbocycles. The molecule has 0 bridgehead atoms. The quantitative estimate of drug-likeness (QED) is 0.926. The molecule has 1 aromatic heterocycles. The molecule has 1 aromatic carbocycles. The maximum Gasteiger partial charge on any atom is 0.238 e. The minimum Gasteiger partial charge on any atom is -0.339 e. The van der Waals surface area contributed by atoms with Gasteiger partial charge >= 0.3 is 0 Å². The number of aromatic nitrogens is 2. The van der Waals surface area contributed by atoms with Crippen molar-refractivity contribution in [3.8, 4) is 0 Å². The summed E-state index contributed by atoms with van der Waals surface area (Å²) in [6.07, 6.45) is 0. The fourth-order valence-electron chi connectivity index (χ4n) is 2.46. The van der Waals surface area contributed by atoms with Crippen LogP contribution in [0.1, 0.15) is 23.2 Å². The van der Waals surface area contributed by atoms with Crippen LogP contribution in [0.25, 0.3) is 0 Å². The highest BCUT2D eigenvalue weighted by Gasteiger charge is 2.33. The number of hydrogen-bond donors (Lipinski definition) is 1. The van der Waals surface area contributed by atoms with Crippen LogP contribution in [-0.2, 0) is 4.79 Å². The van der Waals surface area contributed by atoms with Crippen LogP contribution in [0, 0.1) is 13.8 Å². The second kappa shape index (κ2) is 5.65. The summed E-state index contributed by atoms with van der Waals surface area (Å²) in [4.78, 5) is 18.3. The Morgan fingerprint density at radius 1 is 1.43 bits per heavy atom. The molecule has 0 unspecified atom stereocenters. The molecule has 6 heteroatoms. The highest BCUT2D eigenvalue weighted by atomic mass is 16.5. The van der Waals surface area contributed by atoms with E-state index in [1.807, 2.05) is 31.2 Å². The van der Waals surface area contributed by atoms with E-state index in [0.29, 0.717) is 18.3 Å². The predicted molar refractivity (Wildman–Crippen MR) is 78.0 cm³/mol. The van der Waals surface area contributed by atoms with Gasteiger partial charge in [0.05, 0.1) is 12.5 Å². The molecule has 1 aliphatic heterocycles. The number of nitrogens with one attached hydrogen (secondary N) is 1. The van der Waals surface area contributed by atoms with E-state index in [0.717, 1.165) is 24.3 Å². The third-order valence-electron chi connectivity index (χ3n) is 3.52. The van der Waals surface area contributed by atoms with Crippen molar-refractivity contribution in [1.29, 1.82) is 0 Å². The Bertz CT molecular complexity index is 647. The molecule has 0 saturated carbocycles. The molecule has 0 spiro atoms. The maximum atomic E-state index is 12.0. The van der Waals surface area contributed by atoms with Crippen LogP contribution in [0.2, 0.25) is 0 Å². The predicted octanol–water partition coefficient (Wildman–Crippen LogP) is 1.72. The number of benzene rings is 1. The minimum absolute atomic E-state index is 0.000703. The van der Waals surface area contributed by atoms with Crippen LogP contribution in [0.5, 0.6) is 0 Å². The molecule has 110 valence electrons. The molecule has 1 fully saturated rings. The molecule has 0 atom stereocenters. The van der Waals surface area contributed by atoms with Gasteiger partial charge in [0.15, 0.2) is 5.82 Å². The summed E-state index contributed by atoms with van der Waals surface area (Å²) in [5, 5.41) is 6.69. The molecule has 3 rings (SSSR count). The summed E-state index contributed by atoms with van der Waals surface area (Å²) >= 11 is 0. The first kappa shape index (κ1) is 13.8. The van der Waals surface area contributed by atoms with Crippen LogP contribution >= 0.6 is 0 Å². The summed E-state index contributed by atoms with van der Waals surface area (Å²) in [6, 6.07) is 7.79. The highest BCUT2D eigenvalue weighted by Crippen LogP contribution is 2.25. The van der Waals surface area contributed by atoms with Gasteiger partial charge < -0.3 is 9.84 Å². The molecule has 1 amide bonds. The van der Waals surface area contributed by atoms with E-state index in [4.69, 9.17) is 4.52 Å². The smallest absolute Gasteiger partial charge is 0.238 e. The van der Waals surface area contributed by atoms with Crippen LogP contribution in [0.3, 0.4) is 0 Å². The molecule has 1 N–H and O–H groups in total. The van der Waals surface area contributed by atoms with Gasteiger partial charge in [0.2, 0.25) is 11.8 Å². The molecule has 2 aromatic rings. The monoisotopic (exact) mass is 286 g/mol. The molecule has 2 heterocycles. The van der Waals surface area contributed by atoms with Crippen molar-refractivity contribution in [3.63, 3.8) is 0 Å². The number of amides is 1.